The molecule has 1 aliphatic heterocycles. The van der Waals surface area contributed by atoms with Gasteiger partial charge in [-0.15, -0.1) is 0 Å². The highest BCUT2D eigenvalue weighted by molar-refractivity contribution is 8.19. The van der Waals surface area contributed by atoms with Gasteiger partial charge in [-0.2, -0.15) is 0 Å². The third-order valence-electron chi connectivity index (χ3n) is 6.26. The SMILES string of the molecule is O=C1C(=Cc2cn(Cc3ccc(F)cc3Cl)c3ccccc23)SC(=Nc2ccccc2)N1c1ccccc1. The van der Waals surface area contributed by atoms with Crippen LogP contribution in [0, 0.1) is 5.82 Å². The van der Waals surface area contributed by atoms with Crippen LogP contribution in [0.2, 0.25) is 5.02 Å². The van der Waals surface area contributed by atoms with Crippen LogP contribution in [0.5, 0.6) is 0 Å². The van der Waals surface area contributed by atoms with Gasteiger partial charge < -0.3 is 4.57 Å². The van der Waals surface area contributed by atoms with E-state index in [9.17, 15) is 9.18 Å². The van der Waals surface area contributed by atoms with Crippen LogP contribution in [0.4, 0.5) is 15.8 Å². The Balaban J connectivity index is 1.42. The fourth-order valence-corrected chi connectivity index (χ4v) is 5.68. The first-order chi connectivity index (χ1) is 18.6. The number of carbonyl (C=O) groups is 1. The molecule has 186 valence electrons. The Bertz CT molecular complexity index is 1710. The normalized spacial score (nSPS) is 15.7. The fraction of sp³-hybridized carbons (Fsp3) is 0.0323. The number of rotatable bonds is 5. The number of hydrogen-bond donors (Lipinski definition) is 0. The minimum Gasteiger partial charge on any atom is -0.342 e. The largest absolute Gasteiger partial charge is 0.342 e. The lowest BCUT2D eigenvalue weighted by molar-refractivity contribution is -0.113. The number of para-hydroxylation sites is 3. The second-order valence-corrected chi connectivity index (χ2v) is 10.2. The molecule has 6 rings (SSSR count). The molecule has 0 bridgehead atoms. The summed E-state index contributed by atoms with van der Waals surface area (Å²) in [6.07, 6.45) is 3.92. The molecule has 0 N–H and O–H groups in total. The van der Waals surface area contributed by atoms with Crippen LogP contribution < -0.4 is 4.90 Å². The topological polar surface area (TPSA) is 37.6 Å². The molecule has 1 amide bonds. The molecule has 7 heteroatoms. The first-order valence-corrected chi connectivity index (χ1v) is 13.2. The number of fused-ring (bicyclic) bond motifs is 1. The molecule has 0 spiro atoms. The number of hydrogen-bond acceptors (Lipinski definition) is 3. The van der Waals surface area contributed by atoms with Crippen molar-refractivity contribution in [2.24, 2.45) is 4.99 Å². The molecule has 1 aliphatic rings. The van der Waals surface area contributed by atoms with Gasteiger partial charge in [-0.25, -0.2) is 9.38 Å². The maximum atomic E-state index is 13.7. The number of anilines is 1. The van der Waals surface area contributed by atoms with Crippen molar-refractivity contribution in [3.63, 3.8) is 0 Å². The molecule has 0 atom stereocenters. The Hall–Kier alpha value is -4.13. The van der Waals surface area contributed by atoms with Crippen molar-refractivity contribution < 1.29 is 9.18 Å². The smallest absolute Gasteiger partial charge is 0.271 e. The standard InChI is InChI=1S/C31H21ClFN3OS/c32-27-18-23(33)16-15-21(27)19-35-20-22(26-13-7-8-14-28(26)35)17-29-30(37)36(25-11-5-2-6-12-25)31(38-29)34-24-9-3-1-4-10-24/h1-18,20H,19H2. The van der Waals surface area contributed by atoms with Gasteiger partial charge in [0.1, 0.15) is 5.82 Å². The lowest BCUT2D eigenvalue weighted by atomic mass is 10.1. The molecule has 1 aromatic heterocycles. The number of aromatic nitrogens is 1. The Kier molecular flexibility index (Phi) is 6.58. The highest BCUT2D eigenvalue weighted by Crippen LogP contribution is 2.38. The first-order valence-electron chi connectivity index (χ1n) is 12.0. The average molecular weight is 538 g/mol. The highest BCUT2D eigenvalue weighted by atomic mass is 35.5. The molecule has 4 aromatic carbocycles. The number of carbonyl (C=O) groups excluding carboxylic acids is 1. The van der Waals surface area contributed by atoms with Gasteiger partial charge in [0.15, 0.2) is 5.17 Å². The van der Waals surface area contributed by atoms with Crippen LogP contribution in [-0.4, -0.2) is 15.6 Å². The number of nitrogens with zero attached hydrogens (tertiary/aromatic N) is 3. The van der Waals surface area contributed by atoms with Gasteiger partial charge in [0.05, 0.1) is 16.3 Å². The molecule has 4 nitrogen and oxygen atoms in total. The van der Waals surface area contributed by atoms with Crippen molar-refractivity contribution >= 4 is 62.8 Å². The monoisotopic (exact) mass is 537 g/mol. The number of thioether (sulfide) groups is 1. The van der Waals surface area contributed by atoms with Crippen molar-refractivity contribution in [1.29, 1.82) is 0 Å². The van der Waals surface area contributed by atoms with E-state index in [-0.39, 0.29) is 11.7 Å². The van der Waals surface area contributed by atoms with Crippen molar-refractivity contribution in [2.75, 3.05) is 4.90 Å². The predicted octanol–water partition coefficient (Wildman–Crippen LogP) is 8.29. The summed E-state index contributed by atoms with van der Waals surface area (Å²) in [5, 5.41) is 1.98. The molecule has 2 heterocycles. The van der Waals surface area contributed by atoms with Gasteiger partial charge in [-0.1, -0.05) is 72.3 Å². The molecular weight excluding hydrogens is 517 g/mol. The minimum absolute atomic E-state index is 0.130. The molecule has 0 saturated carbocycles. The molecule has 1 saturated heterocycles. The summed E-state index contributed by atoms with van der Waals surface area (Å²) in [6.45, 7) is 0.473. The lowest BCUT2D eigenvalue weighted by Crippen LogP contribution is -2.28. The summed E-state index contributed by atoms with van der Waals surface area (Å²) < 4.78 is 15.7. The summed E-state index contributed by atoms with van der Waals surface area (Å²) in [4.78, 5) is 20.7. The molecule has 1 fully saturated rings. The van der Waals surface area contributed by atoms with E-state index < -0.39 is 0 Å². The summed E-state index contributed by atoms with van der Waals surface area (Å²) in [7, 11) is 0. The molecule has 5 aromatic rings. The average Bonchev–Trinajstić information content (AvgIpc) is 3.43. The van der Waals surface area contributed by atoms with Crippen LogP contribution in [-0.2, 0) is 11.3 Å². The minimum atomic E-state index is -0.366. The lowest BCUT2D eigenvalue weighted by Gasteiger charge is -2.15. The predicted molar refractivity (Wildman–Crippen MR) is 155 cm³/mol. The maximum Gasteiger partial charge on any atom is 0.271 e. The van der Waals surface area contributed by atoms with Crippen LogP contribution in [0.25, 0.3) is 17.0 Å². The maximum absolute atomic E-state index is 13.7. The third-order valence-corrected chi connectivity index (χ3v) is 7.58. The van der Waals surface area contributed by atoms with E-state index in [1.54, 1.807) is 11.0 Å². The quantitative estimate of drug-likeness (QED) is 0.211. The summed E-state index contributed by atoms with van der Waals surface area (Å²) in [5.74, 6) is -0.497. The van der Waals surface area contributed by atoms with Gasteiger partial charge in [0.2, 0.25) is 0 Å². The van der Waals surface area contributed by atoms with Crippen molar-refractivity contribution in [2.45, 2.75) is 6.54 Å². The van der Waals surface area contributed by atoms with E-state index in [1.165, 1.54) is 23.9 Å². The van der Waals surface area contributed by atoms with E-state index in [0.717, 1.165) is 33.4 Å². The Morgan fingerprint density at radius 3 is 2.37 bits per heavy atom. The van der Waals surface area contributed by atoms with Gasteiger partial charge in [0, 0.05) is 34.2 Å². The number of halogens is 2. The molecular formula is C31H21ClFN3OS. The van der Waals surface area contributed by atoms with Gasteiger partial charge in [-0.05, 0) is 65.9 Å². The second kappa shape index (κ2) is 10.3. The van der Waals surface area contributed by atoms with Gasteiger partial charge in [-0.3, -0.25) is 9.69 Å². The van der Waals surface area contributed by atoms with E-state index in [4.69, 9.17) is 16.6 Å². The molecule has 0 unspecified atom stereocenters. The van der Waals surface area contributed by atoms with E-state index in [2.05, 4.69) is 4.57 Å². The highest BCUT2D eigenvalue weighted by Gasteiger charge is 2.35. The second-order valence-electron chi connectivity index (χ2n) is 8.78. The third kappa shape index (κ3) is 4.76. The zero-order chi connectivity index (χ0) is 26.1. The Labute approximate surface area is 228 Å². The van der Waals surface area contributed by atoms with E-state index >= 15 is 0 Å². The van der Waals surface area contributed by atoms with Crippen molar-refractivity contribution in [3.05, 3.63) is 136 Å². The van der Waals surface area contributed by atoms with Crippen LogP contribution in [0.15, 0.2) is 119 Å². The van der Waals surface area contributed by atoms with Gasteiger partial charge >= 0.3 is 0 Å². The first kappa shape index (κ1) is 24.2. The van der Waals surface area contributed by atoms with Crippen LogP contribution >= 0.6 is 23.4 Å². The van der Waals surface area contributed by atoms with E-state index in [1.807, 2.05) is 97.2 Å². The molecule has 38 heavy (non-hydrogen) atoms. The fourth-order valence-electron chi connectivity index (χ4n) is 4.46. The zero-order valence-corrected chi connectivity index (χ0v) is 21.7. The van der Waals surface area contributed by atoms with Crippen LogP contribution in [0.3, 0.4) is 0 Å². The van der Waals surface area contributed by atoms with Gasteiger partial charge in [0.25, 0.3) is 5.91 Å². The summed E-state index contributed by atoms with van der Waals surface area (Å²) in [6, 6.07) is 31.6. The van der Waals surface area contributed by atoms with E-state index in [0.29, 0.717) is 21.6 Å². The number of amides is 1. The zero-order valence-electron chi connectivity index (χ0n) is 20.1. The van der Waals surface area contributed by atoms with Crippen molar-refractivity contribution in [1.82, 2.24) is 4.57 Å². The van der Waals surface area contributed by atoms with Crippen molar-refractivity contribution in [3.8, 4) is 0 Å². The Morgan fingerprint density at radius 1 is 0.895 bits per heavy atom. The molecule has 0 aliphatic carbocycles. The summed E-state index contributed by atoms with van der Waals surface area (Å²) >= 11 is 7.67. The van der Waals surface area contributed by atoms with Crippen LogP contribution in [0.1, 0.15) is 11.1 Å². The number of amidine groups is 1. The Morgan fingerprint density at radius 2 is 1.61 bits per heavy atom. The number of aliphatic imine (C=N–C) groups is 1. The number of benzene rings is 4. The summed E-state index contributed by atoms with van der Waals surface area (Å²) in [5.41, 5.74) is 4.25. The molecule has 0 radical (unpaired) electrons.